The highest BCUT2D eigenvalue weighted by atomic mass is 79.9. The predicted octanol–water partition coefficient (Wildman–Crippen LogP) is 5.26. The maximum Gasteiger partial charge on any atom is 0.268 e. The minimum Gasteiger partial charge on any atom is -0.361 e. The molecule has 0 aliphatic heterocycles. The maximum absolute atomic E-state index is 13.2. The first-order valence-corrected chi connectivity index (χ1v) is 15.0. The number of rotatable bonds is 7. The Morgan fingerprint density at radius 3 is 2.37 bits per heavy atom. The molecule has 1 heterocycles. The van der Waals surface area contributed by atoms with Crippen LogP contribution in [0.15, 0.2) is 16.7 Å². The van der Waals surface area contributed by atoms with Crippen LogP contribution in [0.25, 0.3) is 0 Å². The van der Waals surface area contributed by atoms with Crippen molar-refractivity contribution < 1.29 is 9.53 Å². The first-order chi connectivity index (χ1) is 12.7. The largest absolute Gasteiger partial charge is 0.361 e. The summed E-state index contributed by atoms with van der Waals surface area (Å²) >= 11 is 3.54. The normalized spacial score (nSPS) is 32.1. The third-order valence-corrected chi connectivity index (χ3v) is 8.88. The van der Waals surface area contributed by atoms with Crippen LogP contribution in [0, 0.1) is 17.8 Å². The summed E-state index contributed by atoms with van der Waals surface area (Å²) < 4.78 is 8.78. The van der Waals surface area contributed by atoms with E-state index < -0.39 is 8.07 Å². The van der Waals surface area contributed by atoms with Crippen LogP contribution >= 0.6 is 15.9 Å². The van der Waals surface area contributed by atoms with Crippen molar-refractivity contribution in [1.82, 2.24) is 9.88 Å². The van der Waals surface area contributed by atoms with Gasteiger partial charge in [0.15, 0.2) is 0 Å². The molecule has 4 nitrogen and oxygen atoms in total. The number of carbonyl (C=O) groups is 1. The number of carbonyl (C=O) groups excluding carboxylic acids is 1. The average molecular weight is 453 g/mol. The number of hydrogen-bond donors (Lipinski definition) is 1. The third kappa shape index (κ3) is 4.53. The zero-order valence-electron chi connectivity index (χ0n) is 16.9. The third-order valence-electron chi connectivity index (χ3n) is 6.74. The zero-order valence-corrected chi connectivity index (χ0v) is 19.5. The lowest BCUT2D eigenvalue weighted by molar-refractivity contribution is -0.0170. The number of nitrogens with one attached hydrogen (secondary N) is 1. The smallest absolute Gasteiger partial charge is 0.268 e. The zero-order chi connectivity index (χ0) is 19.2. The fourth-order valence-electron chi connectivity index (χ4n) is 5.88. The molecule has 4 aliphatic rings. The van der Waals surface area contributed by atoms with Crippen LogP contribution in [-0.2, 0) is 11.5 Å². The summed E-state index contributed by atoms with van der Waals surface area (Å²) in [5, 5.41) is 3.48. The second kappa shape index (κ2) is 7.34. The Hall–Kier alpha value is -0.593. The minimum absolute atomic E-state index is 0.0477. The van der Waals surface area contributed by atoms with Crippen molar-refractivity contribution in [1.29, 1.82) is 0 Å². The molecule has 0 aromatic carbocycles. The maximum atomic E-state index is 13.2. The van der Waals surface area contributed by atoms with Gasteiger partial charge in [-0.2, -0.15) is 0 Å². The van der Waals surface area contributed by atoms with Crippen molar-refractivity contribution >= 4 is 29.9 Å². The Kier molecular flexibility index (Phi) is 5.36. The van der Waals surface area contributed by atoms with Crippen LogP contribution in [-0.4, -0.2) is 30.7 Å². The number of aromatic nitrogens is 1. The van der Waals surface area contributed by atoms with E-state index in [4.69, 9.17) is 4.74 Å². The second-order valence-electron chi connectivity index (χ2n) is 10.5. The van der Waals surface area contributed by atoms with E-state index in [1.54, 1.807) is 0 Å². The first kappa shape index (κ1) is 19.7. The SMILES string of the molecule is C[Si](C)(C)CCOCn1cc(Br)cc1C(=O)NC12CC3CC(CC(C3)C1)C2. The van der Waals surface area contributed by atoms with E-state index in [1.165, 1.54) is 38.5 Å². The van der Waals surface area contributed by atoms with Gasteiger partial charge in [0, 0.05) is 30.9 Å². The van der Waals surface area contributed by atoms with Gasteiger partial charge < -0.3 is 14.6 Å². The van der Waals surface area contributed by atoms with Gasteiger partial charge in [0.25, 0.3) is 5.91 Å². The quantitative estimate of drug-likeness (QED) is 0.452. The van der Waals surface area contributed by atoms with Crippen molar-refractivity contribution in [2.45, 2.75) is 76.5 Å². The summed E-state index contributed by atoms with van der Waals surface area (Å²) in [5.74, 6) is 2.57. The van der Waals surface area contributed by atoms with Gasteiger partial charge >= 0.3 is 0 Å². The van der Waals surface area contributed by atoms with Gasteiger partial charge in [0.05, 0.1) is 0 Å². The highest BCUT2D eigenvalue weighted by molar-refractivity contribution is 9.10. The first-order valence-electron chi connectivity index (χ1n) is 10.5. The molecule has 4 bridgehead atoms. The summed E-state index contributed by atoms with van der Waals surface area (Å²) in [7, 11) is -1.10. The Labute approximate surface area is 172 Å². The molecule has 6 heteroatoms. The molecule has 0 unspecified atom stereocenters. The summed E-state index contributed by atoms with van der Waals surface area (Å²) in [4.78, 5) is 13.2. The molecule has 4 aliphatic carbocycles. The van der Waals surface area contributed by atoms with E-state index in [0.29, 0.717) is 12.4 Å². The van der Waals surface area contributed by atoms with Crippen molar-refractivity contribution in [2.24, 2.45) is 17.8 Å². The lowest BCUT2D eigenvalue weighted by Gasteiger charge is -2.56. The molecule has 1 aromatic heterocycles. The molecule has 150 valence electrons. The van der Waals surface area contributed by atoms with Crippen molar-refractivity contribution in [2.75, 3.05) is 6.61 Å². The molecule has 0 saturated heterocycles. The van der Waals surface area contributed by atoms with Crippen LogP contribution < -0.4 is 5.32 Å². The van der Waals surface area contributed by atoms with E-state index in [-0.39, 0.29) is 11.4 Å². The lowest BCUT2D eigenvalue weighted by atomic mass is 9.53. The van der Waals surface area contributed by atoms with Gasteiger partial charge in [0.1, 0.15) is 12.4 Å². The Morgan fingerprint density at radius 1 is 1.22 bits per heavy atom. The summed E-state index contributed by atoms with van der Waals surface area (Å²) in [6.07, 6.45) is 9.67. The van der Waals surface area contributed by atoms with Gasteiger partial charge in [-0.3, -0.25) is 4.79 Å². The molecule has 5 rings (SSSR count). The highest BCUT2D eigenvalue weighted by Crippen LogP contribution is 2.55. The molecule has 4 fully saturated rings. The van der Waals surface area contributed by atoms with Crippen molar-refractivity contribution in [3.8, 4) is 0 Å². The van der Waals surface area contributed by atoms with Crippen molar-refractivity contribution in [3.63, 3.8) is 0 Å². The van der Waals surface area contributed by atoms with Crippen molar-refractivity contribution in [3.05, 3.63) is 22.4 Å². The standard InChI is InChI=1S/C21H33BrN2O2Si/c1-27(2,3)5-4-26-14-24-13-18(22)9-19(24)20(25)23-21-10-15-6-16(11-21)8-17(7-15)12-21/h9,13,15-17H,4-8,10-12,14H2,1-3H3,(H,23,25). The van der Waals surface area contributed by atoms with Crippen LogP contribution in [0.4, 0.5) is 0 Å². The second-order valence-corrected chi connectivity index (χ2v) is 17.1. The molecule has 1 amide bonds. The fourth-order valence-corrected chi connectivity index (χ4v) is 7.10. The van der Waals surface area contributed by atoms with Crippen LogP contribution in [0.5, 0.6) is 0 Å². The molecular weight excluding hydrogens is 420 g/mol. The van der Waals surface area contributed by atoms with Crippen LogP contribution in [0.2, 0.25) is 25.7 Å². The Morgan fingerprint density at radius 2 is 1.81 bits per heavy atom. The highest BCUT2D eigenvalue weighted by Gasteiger charge is 2.51. The molecule has 0 atom stereocenters. The van der Waals surface area contributed by atoms with E-state index in [1.807, 2.05) is 16.8 Å². The monoisotopic (exact) mass is 452 g/mol. The van der Waals surface area contributed by atoms with Gasteiger partial charge in [-0.1, -0.05) is 19.6 Å². The Balaban J connectivity index is 1.40. The minimum atomic E-state index is -1.10. The molecule has 0 radical (unpaired) electrons. The molecular formula is C21H33BrN2O2Si. The number of amides is 1. The molecule has 1 N–H and O–H groups in total. The number of hydrogen-bond acceptors (Lipinski definition) is 2. The molecule has 0 spiro atoms. The van der Waals surface area contributed by atoms with E-state index >= 15 is 0 Å². The van der Waals surface area contributed by atoms with Gasteiger partial charge in [-0.05, 0) is 84.3 Å². The number of ether oxygens (including phenoxy) is 1. The molecule has 27 heavy (non-hydrogen) atoms. The van der Waals surface area contributed by atoms with Gasteiger partial charge in [0.2, 0.25) is 0 Å². The number of nitrogens with zero attached hydrogens (tertiary/aromatic N) is 1. The van der Waals surface area contributed by atoms with E-state index in [0.717, 1.165) is 34.9 Å². The lowest BCUT2D eigenvalue weighted by Crippen LogP contribution is -2.60. The van der Waals surface area contributed by atoms with E-state index in [2.05, 4.69) is 40.9 Å². The summed E-state index contributed by atoms with van der Waals surface area (Å²) in [6.45, 7) is 8.27. The summed E-state index contributed by atoms with van der Waals surface area (Å²) in [5.41, 5.74) is 0.761. The topological polar surface area (TPSA) is 43.3 Å². The molecule has 1 aromatic rings. The van der Waals surface area contributed by atoms with Gasteiger partial charge in [-0.15, -0.1) is 0 Å². The number of halogens is 1. The predicted molar refractivity (Wildman–Crippen MR) is 115 cm³/mol. The molecule has 4 saturated carbocycles. The average Bonchev–Trinajstić information content (AvgIpc) is 2.90. The van der Waals surface area contributed by atoms with Crippen LogP contribution in [0.1, 0.15) is 49.0 Å². The van der Waals surface area contributed by atoms with Crippen LogP contribution in [0.3, 0.4) is 0 Å². The van der Waals surface area contributed by atoms with Gasteiger partial charge in [-0.25, -0.2) is 0 Å². The fraction of sp³-hybridized carbons (Fsp3) is 0.762. The Bertz CT molecular complexity index is 674. The summed E-state index contributed by atoms with van der Waals surface area (Å²) in [6, 6.07) is 3.07. The van der Waals surface area contributed by atoms with E-state index in [9.17, 15) is 4.79 Å².